The third-order valence-corrected chi connectivity index (χ3v) is 5.71. The van der Waals surface area contributed by atoms with Crippen LogP contribution in [0, 0.1) is 0 Å². The quantitative estimate of drug-likeness (QED) is 0.351. The summed E-state index contributed by atoms with van der Waals surface area (Å²) in [6.45, 7) is 4.01. The Morgan fingerprint density at radius 2 is 1.71 bits per heavy atom. The first-order chi connectivity index (χ1) is 15.0. The van der Waals surface area contributed by atoms with Crippen molar-refractivity contribution in [3.63, 3.8) is 0 Å². The largest absolute Gasteiger partial charge is 0.490 e. The molecule has 0 bridgehead atoms. The van der Waals surface area contributed by atoms with Crippen LogP contribution in [0.4, 0.5) is 0 Å². The zero-order valence-electron chi connectivity index (χ0n) is 17.0. The van der Waals surface area contributed by atoms with E-state index in [1.165, 1.54) is 0 Å². The Hall–Kier alpha value is -2.54. The van der Waals surface area contributed by atoms with Gasteiger partial charge in [-0.1, -0.05) is 57.9 Å². The highest BCUT2D eigenvalue weighted by molar-refractivity contribution is 9.10. The SMILES string of the molecule is CCOc1cc(CNCc2ccc(C(=O)O)cc2)c(Br)cc1OCc1ccccc1Cl. The standard InChI is InChI=1S/C24H23BrClNO4/c1-2-30-22-11-19(14-27-13-16-7-9-17(10-8-16)24(28)29)20(25)12-23(22)31-15-18-5-3-4-6-21(18)26/h3-12,27H,2,13-15H2,1H3,(H,28,29). The van der Waals surface area contributed by atoms with Crippen molar-refractivity contribution in [1.82, 2.24) is 5.32 Å². The number of hydrogen-bond donors (Lipinski definition) is 2. The van der Waals surface area contributed by atoms with Crippen molar-refractivity contribution >= 4 is 33.5 Å². The van der Waals surface area contributed by atoms with Crippen molar-refractivity contribution in [2.45, 2.75) is 26.6 Å². The van der Waals surface area contributed by atoms with Gasteiger partial charge >= 0.3 is 5.97 Å². The summed E-state index contributed by atoms with van der Waals surface area (Å²) in [7, 11) is 0. The summed E-state index contributed by atoms with van der Waals surface area (Å²) in [5.74, 6) is 0.380. The first kappa shape index (κ1) is 23.1. The fourth-order valence-corrected chi connectivity index (χ4v) is 3.62. The molecule has 162 valence electrons. The molecule has 0 amide bonds. The normalized spacial score (nSPS) is 10.7. The lowest BCUT2D eigenvalue weighted by Crippen LogP contribution is -2.13. The first-order valence-electron chi connectivity index (χ1n) is 9.82. The van der Waals surface area contributed by atoms with Crippen LogP contribution in [-0.4, -0.2) is 17.7 Å². The van der Waals surface area contributed by atoms with Crippen LogP contribution in [0.5, 0.6) is 11.5 Å². The maximum absolute atomic E-state index is 11.0. The van der Waals surface area contributed by atoms with Crippen molar-refractivity contribution in [3.8, 4) is 11.5 Å². The highest BCUT2D eigenvalue weighted by Gasteiger charge is 2.12. The van der Waals surface area contributed by atoms with Crippen molar-refractivity contribution in [1.29, 1.82) is 0 Å². The first-order valence-corrected chi connectivity index (χ1v) is 11.0. The minimum absolute atomic E-state index is 0.278. The maximum atomic E-state index is 11.0. The van der Waals surface area contributed by atoms with Gasteiger partial charge in [0.2, 0.25) is 0 Å². The number of benzene rings is 3. The number of ether oxygens (including phenoxy) is 2. The molecule has 0 heterocycles. The van der Waals surface area contributed by atoms with E-state index in [9.17, 15) is 4.79 Å². The molecule has 31 heavy (non-hydrogen) atoms. The van der Waals surface area contributed by atoms with Gasteiger partial charge in [-0.25, -0.2) is 4.79 Å². The minimum Gasteiger partial charge on any atom is -0.490 e. The van der Waals surface area contributed by atoms with Crippen LogP contribution < -0.4 is 14.8 Å². The molecule has 0 radical (unpaired) electrons. The van der Waals surface area contributed by atoms with E-state index in [1.807, 2.05) is 55.5 Å². The van der Waals surface area contributed by atoms with Crippen LogP contribution >= 0.6 is 27.5 Å². The van der Waals surface area contributed by atoms with Gasteiger partial charge in [0.25, 0.3) is 0 Å². The molecule has 0 unspecified atom stereocenters. The van der Waals surface area contributed by atoms with E-state index in [0.29, 0.717) is 42.8 Å². The molecule has 3 aromatic rings. The molecule has 7 heteroatoms. The number of carboxylic acid groups (broad SMARTS) is 1. The second kappa shape index (κ2) is 11.2. The molecule has 0 saturated carbocycles. The van der Waals surface area contributed by atoms with Crippen LogP contribution in [0.15, 0.2) is 65.1 Å². The highest BCUT2D eigenvalue weighted by atomic mass is 79.9. The van der Waals surface area contributed by atoms with Gasteiger partial charge in [-0.2, -0.15) is 0 Å². The Labute approximate surface area is 195 Å². The second-order valence-electron chi connectivity index (χ2n) is 6.81. The molecule has 5 nitrogen and oxygen atoms in total. The monoisotopic (exact) mass is 503 g/mol. The van der Waals surface area contributed by atoms with Gasteiger partial charge < -0.3 is 19.9 Å². The van der Waals surface area contributed by atoms with E-state index in [0.717, 1.165) is 21.2 Å². The van der Waals surface area contributed by atoms with Gasteiger partial charge in [-0.05, 0) is 48.4 Å². The van der Waals surface area contributed by atoms with Crippen LogP contribution in [0.1, 0.15) is 34.0 Å². The van der Waals surface area contributed by atoms with E-state index in [2.05, 4.69) is 21.2 Å². The van der Waals surface area contributed by atoms with Gasteiger partial charge in [0, 0.05) is 28.1 Å². The fourth-order valence-electron chi connectivity index (χ4n) is 2.97. The Morgan fingerprint density at radius 1 is 1.00 bits per heavy atom. The van der Waals surface area contributed by atoms with Gasteiger partial charge in [-0.15, -0.1) is 0 Å². The molecule has 0 saturated heterocycles. The van der Waals surface area contributed by atoms with Crippen molar-refractivity contribution in [3.05, 3.63) is 92.4 Å². The average molecular weight is 505 g/mol. The third-order valence-electron chi connectivity index (χ3n) is 4.60. The number of rotatable bonds is 10. The van der Waals surface area contributed by atoms with E-state index in [-0.39, 0.29) is 5.56 Å². The molecule has 0 aliphatic heterocycles. The predicted molar refractivity (Wildman–Crippen MR) is 125 cm³/mol. The Kier molecular flexibility index (Phi) is 8.35. The molecule has 0 spiro atoms. The number of halogens is 2. The highest BCUT2D eigenvalue weighted by Crippen LogP contribution is 2.35. The van der Waals surface area contributed by atoms with Crippen LogP contribution in [-0.2, 0) is 19.7 Å². The topological polar surface area (TPSA) is 67.8 Å². The summed E-state index contributed by atoms with van der Waals surface area (Å²) >= 11 is 9.84. The zero-order chi connectivity index (χ0) is 22.2. The molecule has 0 fully saturated rings. The average Bonchev–Trinajstić information content (AvgIpc) is 2.76. The number of carbonyl (C=O) groups is 1. The Morgan fingerprint density at radius 3 is 2.39 bits per heavy atom. The van der Waals surface area contributed by atoms with E-state index in [1.54, 1.807) is 12.1 Å². The van der Waals surface area contributed by atoms with Crippen molar-refractivity contribution < 1.29 is 19.4 Å². The number of hydrogen-bond acceptors (Lipinski definition) is 4. The molecule has 2 N–H and O–H groups in total. The van der Waals surface area contributed by atoms with Gasteiger partial charge in [0.05, 0.1) is 12.2 Å². The van der Waals surface area contributed by atoms with Crippen LogP contribution in [0.2, 0.25) is 5.02 Å². The number of nitrogens with one attached hydrogen (secondary N) is 1. The molecular weight excluding hydrogens is 482 g/mol. The zero-order valence-corrected chi connectivity index (χ0v) is 19.4. The van der Waals surface area contributed by atoms with Gasteiger partial charge in [-0.3, -0.25) is 0 Å². The van der Waals surface area contributed by atoms with Gasteiger partial charge in [0.15, 0.2) is 11.5 Å². The Balaban J connectivity index is 1.66. The molecule has 0 atom stereocenters. The molecule has 0 aliphatic carbocycles. The molecular formula is C24H23BrClNO4. The number of aromatic carboxylic acids is 1. The van der Waals surface area contributed by atoms with E-state index in [4.69, 9.17) is 26.2 Å². The lowest BCUT2D eigenvalue weighted by Gasteiger charge is -2.16. The predicted octanol–water partition coefficient (Wildman–Crippen LogP) is 6.07. The fraction of sp³-hybridized carbons (Fsp3) is 0.208. The summed E-state index contributed by atoms with van der Waals surface area (Å²) in [5, 5.41) is 13.0. The second-order valence-corrected chi connectivity index (χ2v) is 8.07. The van der Waals surface area contributed by atoms with Crippen molar-refractivity contribution in [2.75, 3.05) is 6.61 Å². The summed E-state index contributed by atoms with van der Waals surface area (Å²) in [6, 6.07) is 18.3. The summed E-state index contributed by atoms with van der Waals surface area (Å²) in [6.07, 6.45) is 0. The van der Waals surface area contributed by atoms with E-state index < -0.39 is 5.97 Å². The van der Waals surface area contributed by atoms with Crippen LogP contribution in [0.3, 0.4) is 0 Å². The number of carboxylic acids is 1. The summed E-state index contributed by atoms with van der Waals surface area (Å²) in [5.41, 5.74) is 3.21. The lowest BCUT2D eigenvalue weighted by molar-refractivity contribution is 0.0697. The lowest BCUT2D eigenvalue weighted by atomic mass is 10.1. The molecule has 3 aromatic carbocycles. The summed E-state index contributed by atoms with van der Waals surface area (Å²) in [4.78, 5) is 11.0. The molecule has 3 rings (SSSR count). The van der Waals surface area contributed by atoms with Crippen molar-refractivity contribution in [2.24, 2.45) is 0 Å². The molecule has 0 aromatic heterocycles. The van der Waals surface area contributed by atoms with Crippen LogP contribution in [0.25, 0.3) is 0 Å². The smallest absolute Gasteiger partial charge is 0.335 e. The minimum atomic E-state index is -0.927. The molecule has 0 aliphatic rings. The van der Waals surface area contributed by atoms with Gasteiger partial charge in [0.1, 0.15) is 6.61 Å². The Bertz CT molecular complexity index is 1040. The maximum Gasteiger partial charge on any atom is 0.335 e. The third kappa shape index (κ3) is 6.47. The summed E-state index contributed by atoms with van der Waals surface area (Å²) < 4.78 is 12.7. The van der Waals surface area contributed by atoms with E-state index >= 15 is 0 Å².